The summed E-state index contributed by atoms with van der Waals surface area (Å²) in [6.45, 7) is 6.59. The number of aromatic nitrogens is 2. The number of aliphatic hydroxyl groups excluding tert-OH is 1. The molecular weight excluding hydrogens is 216 g/mol. The summed E-state index contributed by atoms with van der Waals surface area (Å²) in [5, 5.41) is 13.4. The van der Waals surface area contributed by atoms with Crippen molar-refractivity contribution in [1.82, 2.24) is 9.78 Å². The summed E-state index contributed by atoms with van der Waals surface area (Å²) in [6, 6.07) is 2.07. The van der Waals surface area contributed by atoms with Crippen LogP contribution >= 0.6 is 0 Å². The van der Waals surface area contributed by atoms with Crippen molar-refractivity contribution in [3.05, 3.63) is 17.5 Å². The van der Waals surface area contributed by atoms with Crippen molar-refractivity contribution in [1.29, 1.82) is 0 Å². The molecule has 1 atom stereocenters. The number of nitrogens with zero attached hydrogens (tertiary/aromatic N) is 2. The van der Waals surface area contributed by atoms with Gasteiger partial charge in [0.05, 0.1) is 5.69 Å². The molecule has 0 saturated carbocycles. The maximum atomic E-state index is 11.5. The molecule has 0 aliphatic rings. The summed E-state index contributed by atoms with van der Waals surface area (Å²) in [4.78, 5) is 11.5. The van der Waals surface area contributed by atoms with Crippen molar-refractivity contribution in [3.8, 4) is 0 Å². The monoisotopic (exact) mass is 238 g/mol. The highest BCUT2D eigenvalue weighted by molar-refractivity contribution is 5.78. The van der Waals surface area contributed by atoms with Crippen molar-refractivity contribution in [3.63, 3.8) is 0 Å². The van der Waals surface area contributed by atoms with E-state index >= 15 is 0 Å². The third kappa shape index (κ3) is 3.66. The second kappa shape index (κ2) is 6.55. The highest BCUT2D eigenvalue weighted by Gasteiger charge is 2.17. The largest absolute Gasteiger partial charge is 0.396 e. The van der Waals surface area contributed by atoms with E-state index in [9.17, 15) is 4.79 Å². The van der Waals surface area contributed by atoms with Gasteiger partial charge in [0.2, 0.25) is 0 Å². The minimum atomic E-state index is -0.0910. The van der Waals surface area contributed by atoms with Gasteiger partial charge in [-0.25, -0.2) is 0 Å². The quantitative estimate of drug-likeness (QED) is 0.785. The third-order valence-electron chi connectivity index (χ3n) is 3.08. The van der Waals surface area contributed by atoms with Crippen LogP contribution in [0.3, 0.4) is 0 Å². The smallest absolute Gasteiger partial charge is 0.133 e. The lowest BCUT2D eigenvalue weighted by Gasteiger charge is -2.12. The summed E-state index contributed by atoms with van der Waals surface area (Å²) in [6.07, 6.45) is 2.12. The predicted octanol–water partition coefficient (Wildman–Crippen LogP) is 1.60. The molecule has 0 aliphatic heterocycles. The lowest BCUT2D eigenvalue weighted by atomic mass is 9.95. The molecule has 0 radical (unpaired) electrons. The minimum absolute atomic E-state index is 0.0607. The van der Waals surface area contributed by atoms with Gasteiger partial charge in [-0.3, -0.25) is 9.48 Å². The number of rotatable bonds is 7. The lowest BCUT2D eigenvalue weighted by Crippen LogP contribution is -2.18. The molecule has 1 heterocycles. The average Bonchev–Trinajstić information content (AvgIpc) is 2.70. The molecule has 0 amide bonds. The first-order valence-electron chi connectivity index (χ1n) is 6.29. The standard InChI is InChI=1S/C13H22N2O2/c1-4-12-9-13(15(5-2)14-12)8-11(6-7-16)10(3)17/h9,11,16H,4-8H2,1-3H3. The molecule has 1 rings (SSSR count). The number of ketones is 1. The number of aryl methyl sites for hydroxylation is 2. The number of carbonyl (C=O) groups is 1. The second-order valence-electron chi connectivity index (χ2n) is 4.32. The zero-order chi connectivity index (χ0) is 12.8. The van der Waals surface area contributed by atoms with Gasteiger partial charge in [0.15, 0.2) is 0 Å². The van der Waals surface area contributed by atoms with Crippen LogP contribution in [0.15, 0.2) is 6.07 Å². The van der Waals surface area contributed by atoms with Gasteiger partial charge in [-0.15, -0.1) is 0 Å². The van der Waals surface area contributed by atoms with Gasteiger partial charge in [-0.05, 0) is 39.2 Å². The van der Waals surface area contributed by atoms with E-state index in [-0.39, 0.29) is 18.3 Å². The summed E-state index contributed by atoms with van der Waals surface area (Å²) < 4.78 is 1.95. The van der Waals surface area contributed by atoms with Gasteiger partial charge in [0.1, 0.15) is 5.78 Å². The summed E-state index contributed by atoms with van der Waals surface area (Å²) in [5.74, 6) is 0.0488. The van der Waals surface area contributed by atoms with E-state index in [0.29, 0.717) is 12.8 Å². The van der Waals surface area contributed by atoms with Gasteiger partial charge < -0.3 is 5.11 Å². The Labute approximate surface area is 103 Å². The number of hydrogen-bond acceptors (Lipinski definition) is 3. The van der Waals surface area contributed by atoms with E-state index in [1.54, 1.807) is 6.92 Å². The molecule has 0 spiro atoms. The van der Waals surface area contributed by atoms with Crippen molar-refractivity contribution in [2.45, 2.75) is 46.6 Å². The second-order valence-corrected chi connectivity index (χ2v) is 4.32. The maximum Gasteiger partial charge on any atom is 0.133 e. The normalized spacial score (nSPS) is 12.7. The molecular formula is C13H22N2O2. The fourth-order valence-corrected chi connectivity index (χ4v) is 1.98. The van der Waals surface area contributed by atoms with Gasteiger partial charge in [0.25, 0.3) is 0 Å². The Bertz CT molecular complexity index is 371. The van der Waals surface area contributed by atoms with E-state index in [2.05, 4.69) is 18.1 Å². The van der Waals surface area contributed by atoms with Gasteiger partial charge in [-0.2, -0.15) is 5.10 Å². The van der Waals surface area contributed by atoms with Crippen LogP contribution in [0.1, 0.15) is 38.6 Å². The van der Waals surface area contributed by atoms with Crippen LogP contribution in [0, 0.1) is 5.92 Å². The molecule has 4 nitrogen and oxygen atoms in total. The SMILES string of the molecule is CCc1cc(CC(CCO)C(C)=O)n(CC)n1. The number of aliphatic hydroxyl groups is 1. The zero-order valence-corrected chi connectivity index (χ0v) is 10.9. The van der Waals surface area contributed by atoms with Crippen LogP contribution in [-0.4, -0.2) is 27.3 Å². The highest BCUT2D eigenvalue weighted by atomic mass is 16.3. The Hall–Kier alpha value is -1.16. The molecule has 1 N–H and O–H groups in total. The van der Waals surface area contributed by atoms with Crippen LogP contribution in [-0.2, 0) is 24.2 Å². The Morgan fingerprint density at radius 1 is 1.53 bits per heavy atom. The molecule has 0 saturated heterocycles. The van der Waals surface area contributed by atoms with Crippen LogP contribution < -0.4 is 0 Å². The topological polar surface area (TPSA) is 55.1 Å². The number of hydrogen-bond donors (Lipinski definition) is 1. The van der Waals surface area contributed by atoms with Gasteiger partial charge in [-0.1, -0.05) is 6.92 Å². The molecule has 0 aliphatic carbocycles. The maximum absolute atomic E-state index is 11.5. The molecule has 1 aromatic rings. The molecule has 0 aromatic carbocycles. The predicted molar refractivity (Wildman–Crippen MR) is 66.9 cm³/mol. The molecule has 1 aromatic heterocycles. The van der Waals surface area contributed by atoms with Crippen molar-refractivity contribution < 1.29 is 9.90 Å². The minimum Gasteiger partial charge on any atom is -0.396 e. The van der Waals surface area contributed by atoms with Crippen LogP contribution in [0.4, 0.5) is 0 Å². The first-order valence-corrected chi connectivity index (χ1v) is 6.29. The Kier molecular flexibility index (Phi) is 5.35. The summed E-state index contributed by atoms with van der Waals surface area (Å²) in [5.41, 5.74) is 2.16. The van der Waals surface area contributed by atoms with Crippen molar-refractivity contribution >= 4 is 5.78 Å². The molecule has 96 valence electrons. The fraction of sp³-hybridized carbons (Fsp3) is 0.692. The van der Waals surface area contributed by atoms with Crippen molar-refractivity contribution in [2.75, 3.05) is 6.61 Å². The Morgan fingerprint density at radius 2 is 2.24 bits per heavy atom. The summed E-state index contributed by atoms with van der Waals surface area (Å²) in [7, 11) is 0. The van der Waals surface area contributed by atoms with E-state index < -0.39 is 0 Å². The zero-order valence-electron chi connectivity index (χ0n) is 10.9. The first-order chi connectivity index (χ1) is 8.12. The number of Topliss-reactive ketones (excluding diaryl/α,β-unsaturated/α-hetero) is 1. The molecule has 17 heavy (non-hydrogen) atoms. The van der Waals surface area contributed by atoms with Crippen molar-refractivity contribution in [2.24, 2.45) is 5.92 Å². The van der Waals surface area contributed by atoms with Gasteiger partial charge >= 0.3 is 0 Å². The van der Waals surface area contributed by atoms with Crippen LogP contribution in [0.2, 0.25) is 0 Å². The third-order valence-corrected chi connectivity index (χ3v) is 3.08. The molecule has 4 heteroatoms. The molecule has 1 unspecified atom stereocenters. The first kappa shape index (κ1) is 13.9. The highest BCUT2D eigenvalue weighted by Crippen LogP contribution is 2.15. The average molecular weight is 238 g/mol. The molecule has 0 bridgehead atoms. The van der Waals surface area contributed by atoms with Crippen LogP contribution in [0.5, 0.6) is 0 Å². The van der Waals surface area contributed by atoms with Gasteiger partial charge in [0, 0.05) is 24.8 Å². The molecule has 0 fully saturated rings. The van der Waals surface area contributed by atoms with Crippen LogP contribution in [0.25, 0.3) is 0 Å². The van der Waals surface area contributed by atoms with E-state index in [1.807, 2.05) is 11.6 Å². The summed E-state index contributed by atoms with van der Waals surface area (Å²) >= 11 is 0. The van der Waals surface area contributed by atoms with E-state index in [0.717, 1.165) is 24.4 Å². The lowest BCUT2D eigenvalue weighted by molar-refractivity contribution is -0.121. The van der Waals surface area contributed by atoms with E-state index in [4.69, 9.17) is 5.11 Å². The Morgan fingerprint density at radius 3 is 2.71 bits per heavy atom. The fourth-order valence-electron chi connectivity index (χ4n) is 1.98. The van der Waals surface area contributed by atoms with E-state index in [1.165, 1.54) is 0 Å². The Balaban J connectivity index is 2.83. The number of carbonyl (C=O) groups excluding carboxylic acids is 1.